The van der Waals surface area contributed by atoms with Gasteiger partial charge in [0.1, 0.15) is 11.4 Å². The van der Waals surface area contributed by atoms with Crippen LogP contribution in [0.15, 0.2) is 34.2 Å². The maximum Gasteiger partial charge on any atom is 0.410 e. The molecule has 0 spiro atoms. The van der Waals surface area contributed by atoms with E-state index in [1.165, 1.54) is 12.1 Å². The Morgan fingerprint density at radius 2 is 1.82 bits per heavy atom. The lowest BCUT2D eigenvalue weighted by Crippen LogP contribution is -2.42. The lowest BCUT2D eigenvalue weighted by molar-refractivity contribution is -0.118. The Hall–Kier alpha value is -2.26. The summed E-state index contributed by atoms with van der Waals surface area (Å²) in [5, 5.41) is 0. The first-order valence-electron chi connectivity index (χ1n) is 9.11. The lowest BCUT2D eigenvalue weighted by atomic mass is 9.93. The fourth-order valence-electron chi connectivity index (χ4n) is 2.88. The van der Waals surface area contributed by atoms with E-state index in [4.69, 9.17) is 15.0 Å². The van der Waals surface area contributed by atoms with Gasteiger partial charge in [-0.1, -0.05) is 0 Å². The van der Waals surface area contributed by atoms with Crippen LogP contribution in [0.4, 0.5) is 4.79 Å². The maximum absolute atomic E-state index is 12.2. The van der Waals surface area contributed by atoms with Crippen LogP contribution in [0.5, 0.6) is 0 Å². The molecule has 1 saturated heterocycles. The summed E-state index contributed by atoms with van der Waals surface area (Å²) in [4.78, 5) is 30.1. The molecule has 0 bridgehead atoms. The monoisotopic (exact) mass is 409 g/mol. The summed E-state index contributed by atoms with van der Waals surface area (Å²) in [6, 6.07) is 6.03. The van der Waals surface area contributed by atoms with E-state index < -0.39 is 16.7 Å². The second-order valence-electron chi connectivity index (χ2n) is 7.78. The summed E-state index contributed by atoms with van der Waals surface area (Å²) in [7, 11) is 0. The molecule has 2 amide bonds. The minimum absolute atomic E-state index is 0.0754. The van der Waals surface area contributed by atoms with E-state index in [2.05, 4.69) is 4.99 Å². The number of likely N-dealkylation sites (tertiary alicyclic amines) is 1. The number of hydrogen-bond acceptors (Lipinski definition) is 4. The van der Waals surface area contributed by atoms with Crippen LogP contribution in [0.2, 0.25) is 0 Å². The van der Waals surface area contributed by atoms with E-state index in [1.54, 1.807) is 17.0 Å². The van der Waals surface area contributed by atoms with Crippen LogP contribution in [0, 0.1) is 5.92 Å². The number of nitrogens with zero attached hydrogens (tertiary/aromatic N) is 2. The third kappa shape index (κ3) is 6.72. The highest BCUT2D eigenvalue weighted by molar-refractivity contribution is 7.79. The van der Waals surface area contributed by atoms with Crippen molar-refractivity contribution in [3.8, 4) is 0 Å². The molecule has 0 saturated carbocycles. The zero-order valence-corrected chi connectivity index (χ0v) is 17.2. The summed E-state index contributed by atoms with van der Waals surface area (Å²) >= 11 is -2.06. The van der Waals surface area contributed by atoms with Crippen molar-refractivity contribution in [2.75, 3.05) is 13.1 Å². The summed E-state index contributed by atoms with van der Waals surface area (Å²) in [6.45, 7) is 6.58. The summed E-state index contributed by atoms with van der Waals surface area (Å²) in [6.07, 6.45) is 1.35. The molecule has 3 N–H and O–H groups in total. The van der Waals surface area contributed by atoms with Crippen molar-refractivity contribution in [1.29, 1.82) is 0 Å². The third-order valence-electron chi connectivity index (χ3n) is 4.33. The minimum atomic E-state index is -2.06. The van der Waals surface area contributed by atoms with Crippen LogP contribution in [-0.2, 0) is 20.6 Å². The maximum atomic E-state index is 12.2. The van der Waals surface area contributed by atoms with Gasteiger partial charge >= 0.3 is 6.09 Å². The van der Waals surface area contributed by atoms with E-state index in [0.717, 1.165) is 0 Å². The Kier molecular flexibility index (Phi) is 7.31. The molecule has 1 aliphatic rings. The lowest BCUT2D eigenvalue weighted by Gasteiger charge is -2.33. The first-order chi connectivity index (χ1) is 13.0. The molecule has 9 heteroatoms. The van der Waals surface area contributed by atoms with E-state index in [9.17, 15) is 13.8 Å². The molecule has 1 aliphatic heterocycles. The average Bonchev–Trinajstić information content (AvgIpc) is 2.60. The largest absolute Gasteiger partial charge is 0.444 e. The van der Waals surface area contributed by atoms with Gasteiger partial charge in [0, 0.05) is 25.1 Å². The van der Waals surface area contributed by atoms with Gasteiger partial charge in [0.05, 0.1) is 4.90 Å². The predicted octanol–water partition coefficient (Wildman–Crippen LogP) is 2.54. The Labute approximate surface area is 167 Å². The molecular formula is C19H27N3O5S. The molecule has 154 valence electrons. The first kappa shape index (κ1) is 22.0. The SMILES string of the molecule is CC(C)(C)OC(=O)N1CCC(CC(=O)N=C(N)c2ccc(S(=O)O)cc2)CC1. The van der Waals surface area contributed by atoms with Gasteiger partial charge in [-0.3, -0.25) is 4.79 Å². The number of benzene rings is 1. The summed E-state index contributed by atoms with van der Waals surface area (Å²) in [5.74, 6) is -0.101. The minimum Gasteiger partial charge on any atom is -0.444 e. The highest BCUT2D eigenvalue weighted by Crippen LogP contribution is 2.22. The quantitative estimate of drug-likeness (QED) is 0.448. The fraction of sp³-hybridized carbons (Fsp3) is 0.526. The number of rotatable bonds is 4. The number of carbonyl (C=O) groups is 2. The van der Waals surface area contributed by atoms with Gasteiger partial charge in [-0.25, -0.2) is 9.00 Å². The van der Waals surface area contributed by atoms with Gasteiger partial charge in [0.2, 0.25) is 5.91 Å². The molecule has 1 aromatic rings. The standard InChI is InChI=1S/C19H27N3O5S/c1-19(2,3)27-18(24)22-10-8-13(9-11-22)12-16(23)21-17(20)14-4-6-15(7-5-14)28(25)26/h4-7,13H,8-12H2,1-3H3,(H,25,26)(H2,20,21,23). The van der Waals surface area contributed by atoms with Gasteiger partial charge in [-0.05, 0) is 63.8 Å². The van der Waals surface area contributed by atoms with Crippen molar-refractivity contribution >= 4 is 28.9 Å². The Morgan fingerprint density at radius 3 is 2.32 bits per heavy atom. The highest BCUT2D eigenvalue weighted by atomic mass is 32.2. The summed E-state index contributed by atoms with van der Waals surface area (Å²) in [5.41, 5.74) is 5.86. The van der Waals surface area contributed by atoms with Crippen LogP contribution < -0.4 is 5.73 Å². The first-order valence-corrected chi connectivity index (χ1v) is 10.2. The van der Waals surface area contributed by atoms with Crippen molar-refractivity contribution in [3.05, 3.63) is 29.8 Å². The molecule has 2 rings (SSSR count). The molecule has 8 nitrogen and oxygen atoms in total. The van der Waals surface area contributed by atoms with Crippen molar-refractivity contribution in [3.63, 3.8) is 0 Å². The molecule has 1 aromatic carbocycles. The zero-order valence-electron chi connectivity index (χ0n) is 16.4. The number of carbonyl (C=O) groups excluding carboxylic acids is 2. The Morgan fingerprint density at radius 1 is 1.25 bits per heavy atom. The number of aliphatic imine (C=N–C) groups is 1. The molecule has 0 radical (unpaired) electrons. The van der Waals surface area contributed by atoms with Crippen LogP contribution >= 0.6 is 0 Å². The van der Waals surface area contributed by atoms with Crippen LogP contribution in [-0.4, -0.2) is 50.2 Å². The molecule has 1 unspecified atom stereocenters. The van der Waals surface area contributed by atoms with Gasteiger partial charge < -0.3 is 19.9 Å². The molecule has 0 aliphatic carbocycles. The van der Waals surface area contributed by atoms with Crippen LogP contribution in [0.25, 0.3) is 0 Å². The summed E-state index contributed by atoms with van der Waals surface area (Å²) < 4.78 is 25.4. The van der Waals surface area contributed by atoms with E-state index >= 15 is 0 Å². The second kappa shape index (κ2) is 9.29. The van der Waals surface area contributed by atoms with Gasteiger partial charge in [-0.2, -0.15) is 4.99 Å². The second-order valence-corrected chi connectivity index (χ2v) is 8.75. The van der Waals surface area contributed by atoms with E-state index in [0.29, 0.717) is 31.5 Å². The van der Waals surface area contributed by atoms with E-state index in [1.807, 2.05) is 20.8 Å². The van der Waals surface area contributed by atoms with Gasteiger partial charge in [0.25, 0.3) is 0 Å². The molecule has 28 heavy (non-hydrogen) atoms. The number of hydrogen-bond donors (Lipinski definition) is 2. The van der Waals surface area contributed by atoms with Gasteiger partial charge in [-0.15, -0.1) is 0 Å². The van der Waals surface area contributed by atoms with Crippen LogP contribution in [0.1, 0.15) is 45.6 Å². The number of ether oxygens (including phenoxy) is 1. The molecule has 1 fully saturated rings. The molecule has 0 aromatic heterocycles. The topological polar surface area (TPSA) is 122 Å². The smallest absolute Gasteiger partial charge is 0.410 e. The predicted molar refractivity (Wildman–Crippen MR) is 106 cm³/mol. The number of amides is 2. The number of piperidine rings is 1. The average molecular weight is 410 g/mol. The van der Waals surface area contributed by atoms with Crippen molar-refractivity contribution in [2.24, 2.45) is 16.6 Å². The zero-order chi connectivity index (χ0) is 20.9. The Bertz CT molecular complexity index is 763. The fourth-order valence-corrected chi connectivity index (χ4v) is 3.25. The normalized spacial score (nSPS) is 17.3. The van der Waals surface area contributed by atoms with Gasteiger partial charge in [0.15, 0.2) is 11.1 Å². The number of nitrogens with two attached hydrogens (primary N) is 1. The Balaban J connectivity index is 1.86. The molecular weight excluding hydrogens is 382 g/mol. The van der Waals surface area contributed by atoms with Crippen molar-refractivity contribution in [2.45, 2.75) is 50.5 Å². The molecule has 1 heterocycles. The highest BCUT2D eigenvalue weighted by Gasteiger charge is 2.27. The van der Waals surface area contributed by atoms with E-state index in [-0.39, 0.29) is 35.1 Å². The molecule has 1 atom stereocenters. The van der Waals surface area contributed by atoms with Crippen molar-refractivity contribution < 1.29 is 23.1 Å². The number of amidine groups is 1. The van der Waals surface area contributed by atoms with Crippen molar-refractivity contribution in [1.82, 2.24) is 4.90 Å². The third-order valence-corrected chi connectivity index (χ3v) is 5.00. The van der Waals surface area contributed by atoms with Crippen LogP contribution in [0.3, 0.4) is 0 Å².